The average molecular weight is 193 g/mol. The number of ketones is 1. The van der Waals surface area contributed by atoms with Gasteiger partial charge in [0.2, 0.25) is 0 Å². The molecule has 1 aliphatic carbocycles. The Kier molecular flexibility index (Phi) is 2.61. The predicted octanol–water partition coefficient (Wildman–Crippen LogP) is 1.12. The molecule has 0 radical (unpaired) electrons. The fourth-order valence-corrected chi connectivity index (χ4v) is 2.00. The maximum Gasteiger partial charge on any atom is 0.136 e. The van der Waals surface area contributed by atoms with Gasteiger partial charge in [0.1, 0.15) is 5.78 Å². The highest BCUT2D eigenvalue weighted by atomic mass is 16.1. The van der Waals surface area contributed by atoms with E-state index < -0.39 is 0 Å². The molecule has 1 aromatic rings. The van der Waals surface area contributed by atoms with Gasteiger partial charge in [-0.2, -0.15) is 15.0 Å². The first-order valence-electron chi connectivity index (χ1n) is 5.13. The zero-order valence-corrected chi connectivity index (χ0v) is 8.44. The molecule has 0 aliphatic heterocycles. The van der Waals surface area contributed by atoms with E-state index in [1.165, 1.54) is 6.42 Å². The van der Waals surface area contributed by atoms with Crippen LogP contribution in [-0.4, -0.2) is 20.8 Å². The lowest BCUT2D eigenvalue weighted by Gasteiger charge is -2.18. The Morgan fingerprint density at radius 2 is 2.43 bits per heavy atom. The highest BCUT2D eigenvalue weighted by molar-refractivity contribution is 5.81. The molecule has 1 heterocycles. The van der Waals surface area contributed by atoms with E-state index in [-0.39, 0.29) is 5.92 Å². The molecule has 1 aliphatic rings. The SMILES string of the molecule is Cn1ncc(CC2CCCCC2=O)n1. The molecule has 1 unspecified atom stereocenters. The summed E-state index contributed by atoms with van der Waals surface area (Å²) >= 11 is 0. The summed E-state index contributed by atoms with van der Waals surface area (Å²) in [5, 5.41) is 8.19. The van der Waals surface area contributed by atoms with Crippen LogP contribution in [0, 0.1) is 5.92 Å². The largest absolute Gasteiger partial charge is 0.299 e. The zero-order valence-electron chi connectivity index (χ0n) is 8.44. The third kappa shape index (κ3) is 2.00. The lowest BCUT2D eigenvalue weighted by molar-refractivity contribution is -0.124. The Morgan fingerprint density at radius 1 is 1.57 bits per heavy atom. The second-order valence-corrected chi connectivity index (χ2v) is 3.94. The molecule has 1 atom stereocenters. The Bertz CT molecular complexity index is 332. The zero-order chi connectivity index (χ0) is 9.97. The monoisotopic (exact) mass is 193 g/mol. The number of rotatable bonds is 2. The van der Waals surface area contributed by atoms with Gasteiger partial charge in [-0.1, -0.05) is 6.42 Å². The quantitative estimate of drug-likeness (QED) is 0.707. The Labute approximate surface area is 83.3 Å². The van der Waals surface area contributed by atoms with E-state index in [9.17, 15) is 4.79 Å². The first-order chi connectivity index (χ1) is 6.75. The number of aryl methyl sites for hydroxylation is 1. The first kappa shape index (κ1) is 9.37. The van der Waals surface area contributed by atoms with Crippen LogP contribution in [-0.2, 0) is 18.3 Å². The van der Waals surface area contributed by atoms with Gasteiger partial charge >= 0.3 is 0 Å². The number of Topliss-reactive ketones (excluding diaryl/α,β-unsaturated/α-hetero) is 1. The van der Waals surface area contributed by atoms with Crippen molar-refractivity contribution in [2.45, 2.75) is 32.1 Å². The predicted molar refractivity (Wildman–Crippen MR) is 51.7 cm³/mol. The van der Waals surface area contributed by atoms with Crippen LogP contribution in [0.15, 0.2) is 6.20 Å². The molecule has 4 heteroatoms. The first-order valence-corrected chi connectivity index (χ1v) is 5.13. The molecule has 76 valence electrons. The summed E-state index contributed by atoms with van der Waals surface area (Å²) in [7, 11) is 1.80. The standard InChI is InChI=1S/C10H15N3O/c1-13-11-7-9(12-13)6-8-4-2-3-5-10(8)14/h7-8H,2-6H2,1H3. The van der Waals surface area contributed by atoms with Crippen LogP contribution < -0.4 is 0 Å². The van der Waals surface area contributed by atoms with Crippen molar-refractivity contribution in [3.8, 4) is 0 Å². The average Bonchev–Trinajstić information content (AvgIpc) is 2.56. The number of nitrogens with zero attached hydrogens (tertiary/aromatic N) is 3. The number of carbonyl (C=O) groups is 1. The summed E-state index contributed by atoms with van der Waals surface area (Å²) < 4.78 is 0. The van der Waals surface area contributed by atoms with Crippen LogP contribution >= 0.6 is 0 Å². The molecule has 0 aromatic carbocycles. The second kappa shape index (κ2) is 3.90. The van der Waals surface area contributed by atoms with Gasteiger partial charge in [-0.15, -0.1) is 0 Å². The molecule has 2 rings (SSSR count). The van der Waals surface area contributed by atoms with Crippen LogP contribution in [0.25, 0.3) is 0 Å². The fourth-order valence-electron chi connectivity index (χ4n) is 2.00. The van der Waals surface area contributed by atoms with Crippen LogP contribution in [0.5, 0.6) is 0 Å². The van der Waals surface area contributed by atoms with Crippen molar-refractivity contribution in [3.05, 3.63) is 11.9 Å². The van der Waals surface area contributed by atoms with E-state index in [2.05, 4.69) is 10.2 Å². The molecule has 1 fully saturated rings. The summed E-state index contributed by atoms with van der Waals surface area (Å²) in [6, 6.07) is 0. The Balaban J connectivity index is 1.99. The van der Waals surface area contributed by atoms with Gasteiger partial charge in [-0.3, -0.25) is 4.79 Å². The third-order valence-electron chi connectivity index (χ3n) is 2.78. The minimum absolute atomic E-state index is 0.195. The smallest absolute Gasteiger partial charge is 0.136 e. The number of carbonyl (C=O) groups excluding carboxylic acids is 1. The van der Waals surface area contributed by atoms with Gasteiger partial charge in [0, 0.05) is 25.8 Å². The van der Waals surface area contributed by atoms with E-state index in [4.69, 9.17) is 0 Å². The van der Waals surface area contributed by atoms with Crippen LogP contribution in [0.1, 0.15) is 31.4 Å². The summed E-state index contributed by atoms with van der Waals surface area (Å²) in [6.45, 7) is 0. The fraction of sp³-hybridized carbons (Fsp3) is 0.700. The molecule has 0 saturated heterocycles. The minimum atomic E-state index is 0.195. The summed E-state index contributed by atoms with van der Waals surface area (Å²) in [5.74, 6) is 0.599. The summed E-state index contributed by atoms with van der Waals surface area (Å²) in [5.41, 5.74) is 0.938. The minimum Gasteiger partial charge on any atom is -0.299 e. The molecule has 1 saturated carbocycles. The maximum atomic E-state index is 11.6. The molecule has 0 bridgehead atoms. The topological polar surface area (TPSA) is 47.8 Å². The molecule has 0 N–H and O–H groups in total. The molecule has 4 nitrogen and oxygen atoms in total. The molecule has 0 spiro atoms. The molecule has 0 amide bonds. The van der Waals surface area contributed by atoms with E-state index >= 15 is 0 Å². The van der Waals surface area contributed by atoms with Crippen molar-refractivity contribution >= 4 is 5.78 Å². The highest BCUT2D eigenvalue weighted by Crippen LogP contribution is 2.23. The van der Waals surface area contributed by atoms with E-state index in [1.807, 2.05) is 0 Å². The van der Waals surface area contributed by atoms with Gasteiger partial charge in [0.05, 0.1) is 11.9 Å². The van der Waals surface area contributed by atoms with Crippen LogP contribution in [0.2, 0.25) is 0 Å². The van der Waals surface area contributed by atoms with Gasteiger partial charge in [0.15, 0.2) is 0 Å². The highest BCUT2D eigenvalue weighted by Gasteiger charge is 2.23. The van der Waals surface area contributed by atoms with Crippen molar-refractivity contribution in [2.75, 3.05) is 0 Å². The molecule has 14 heavy (non-hydrogen) atoms. The molecule has 1 aromatic heterocycles. The maximum absolute atomic E-state index is 11.6. The van der Waals surface area contributed by atoms with Crippen molar-refractivity contribution in [2.24, 2.45) is 13.0 Å². The van der Waals surface area contributed by atoms with Crippen LogP contribution in [0.4, 0.5) is 0 Å². The lowest BCUT2D eigenvalue weighted by Crippen LogP contribution is -2.21. The third-order valence-corrected chi connectivity index (χ3v) is 2.78. The summed E-state index contributed by atoms with van der Waals surface area (Å²) in [6.07, 6.45) is 6.54. The molecular formula is C10H15N3O. The van der Waals surface area contributed by atoms with Gasteiger partial charge in [0.25, 0.3) is 0 Å². The van der Waals surface area contributed by atoms with Crippen molar-refractivity contribution in [1.29, 1.82) is 0 Å². The van der Waals surface area contributed by atoms with Gasteiger partial charge in [-0.05, 0) is 12.8 Å². The van der Waals surface area contributed by atoms with E-state index in [1.54, 1.807) is 18.0 Å². The Morgan fingerprint density at radius 3 is 3.07 bits per heavy atom. The number of aromatic nitrogens is 3. The van der Waals surface area contributed by atoms with Crippen molar-refractivity contribution in [3.63, 3.8) is 0 Å². The Hall–Kier alpha value is -1.19. The molecular weight excluding hydrogens is 178 g/mol. The van der Waals surface area contributed by atoms with Gasteiger partial charge in [-0.25, -0.2) is 0 Å². The van der Waals surface area contributed by atoms with E-state index in [0.717, 1.165) is 31.4 Å². The number of hydrogen-bond donors (Lipinski definition) is 0. The van der Waals surface area contributed by atoms with Crippen molar-refractivity contribution in [1.82, 2.24) is 15.0 Å². The van der Waals surface area contributed by atoms with Crippen molar-refractivity contribution < 1.29 is 4.79 Å². The van der Waals surface area contributed by atoms with E-state index in [0.29, 0.717) is 5.78 Å². The van der Waals surface area contributed by atoms with Crippen LogP contribution in [0.3, 0.4) is 0 Å². The van der Waals surface area contributed by atoms with Gasteiger partial charge < -0.3 is 0 Å². The normalized spacial score (nSPS) is 22.6. The second-order valence-electron chi connectivity index (χ2n) is 3.94. The lowest BCUT2D eigenvalue weighted by atomic mass is 9.85. The summed E-state index contributed by atoms with van der Waals surface area (Å²) in [4.78, 5) is 13.1. The number of hydrogen-bond acceptors (Lipinski definition) is 3.